The molecule has 0 atom stereocenters. The van der Waals surface area contributed by atoms with E-state index in [9.17, 15) is 4.79 Å². The predicted octanol–water partition coefficient (Wildman–Crippen LogP) is 2.90. The van der Waals surface area contributed by atoms with Crippen molar-refractivity contribution in [2.75, 3.05) is 7.11 Å². The lowest BCUT2D eigenvalue weighted by atomic mass is 9.95. The molecule has 0 bridgehead atoms. The first-order valence-electron chi connectivity index (χ1n) is 6.73. The van der Waals surface area contributed by atoms with Crippen molar-refractivity contribution in [2.24, 2.45) is 0 Å². The molecule has 1 N–H and O–H groups in total. The molecular weight excluding hydrogens is 262 g/mol. The number of ether oxygens (including phenoxy) is 1. The molecule has 104 valence electrons. The molecule has 1 aliphatic rings. The molecule has 1 aromatic carbocycles. The summed E-state index contributed by atoms with van der Waals surface area (Å²) in [6, 6.07) is 7.91. The summed E-state index contributed by atoms with van der Waals surface area (Å²) in [5.41, 5.74) is 0.975. The van der Waals surface area contributed by atoms with E-state index in [-0.39, 0.29) is 17.3 Å². The summed E-state index contributed by atoms with van der Waals surface area (Å²) in [6.07, 6.45) is 4.35. The Labute approximate surface area is 119 Å². The Balaban J connectivity index is 1.83. The van der Waals surface area contributed by atoms with E-state index in [1.54, 1.807) is 7.11 Å². The fourth-order valence-electron chi connectivity index (χ4n) is 2.44. The van der Waals surface area contributed by atoms with Gasteiger partial charge in [0.05, 0.1) is 13.5 Å². The number of nitrogens with one attached hydrogen (secondary N) is 1. The van der Waals surface area contributed by atoms with Gasteiger partial charge in [-0.2, -0.15) is 0 Å². The van der Waals surface area contributed by atoms with Gasteiger partial charge in [0.15, 0.2) is 0 Å². The lowest BCUT2D eigenvalue weighted by Crippen LogP contribution is -2.38. The van der Waals surface area contributed by atoms with Gasteiger partial charge in [0.25, 0.3) is 0 Å². The maximum absolute atomic E-state index is 12.0. The molecule has 1 fully saturated rings. The summed E-state index contributed by atoms with van der Waals surface area (Å²) >= 11 is 6.06. The van der Waals surface area contributed by atoms with Crippen LogP contribution in [-0.2, 0) is 11.2 Å². The van der Waals surface area contributed by atoms with E-state index >= 15 is 0 Å². The smallest absolute Gasteiger partial charge is 0.224 e. The Kier molecular flexibility index (Phi) is 5.08. The highest BCUT2D eigenvalue weighted by molar-refractivity contribution is 6.20. The Morgan fingerprint density at radius 1 is 1.37 bits per heavy atom. The highest BCUT2D eigenvalue weighted by atomic mass is 35.5. The summed E-state index contributed by atoms with van der Waals surface area (Å²) in [5, 5.41) is 3.37. The molecule has 4 heteroatoms. The largest absolute Gasteiger partial charge is 0.497 e. The zero-order chi connectivity index (χ0) is 13.7. The third kappa shape index (κ3) is 4.43. The number of hydrogen-bond acceptors (Lipinski definition) is 2. The van der Waals surface area contributed by atoms with E-state index in [1.165, 1.54) is 0 Å². The molecule has 1 saturated carbocycles. The molecule has 1 amide bonds. The van der Waals surface area contributed by atoms with Gasteiger partial charge >= 0.3 is 0 Å². The van der Waals surface area contributed by atoms with Gasteiger partial charge in [-0.05, 0) is 43.4 Å². The van der Waals surface area contributed by atoms with Crippen LogP contribution in [0, 0.1) is 0 Å². The van der Waals surface area contributed by atoms with Crippen molar-refractivity contribution in [1.82, 2.24) is 5.32 Å². The molecule has 2 rings (SSSR count). The Morgan fingerprint density at radius 2 is 2.11 bits per heavy atom. The van der Waals surface area contributed by atoms with Crippen LogP contribution in [0.15, 0.2) is 24.3 Å². The third-order valence-electron chi connectivity index (χ3n) is 3.52. The highest BCUT2D eigenvalue weighted by Crippen LogP contribution is 2.22. The Hall–Kier alpha value is -1.22. The molecule has 0 radical (unpaired) electrons. The van der Waals surface area contributed by atoms with Crippen LogP contribution in [0.2, 0.25) is 0 Å². The average Bonchev–Trinajstić information content (AvgIpc) is 2.41. The number of methoxy groups -OCH3 is 1. The van der Waals surface area contributed by atoms with Crippen LogP contribution >= 0.6 is 11.6 Å². The molecular formula is C15H20ClNO2. The van der Waals surface area contributed by atoms with E-state index < -0.39 is 0 Å². The van der Waals surface area contributed by atoms with Gasteiger partial charge in [-0.25, -0.2) is 0 Å². The van der Waals surface area contributed by atoms with Gasteiger partial charge in [-0.15, -0.1) is 11.6 Å². The van der Waals surface area contributed by atoms with Crippen LogP contribution < -0.4 is 10.1 Å². The van der Waals surface area contributed by atoms with Crippen LogP contribution in [0.25, 0.3) is 0 Å². The summed E-state index contributed by atoms with van der Waals surface area (Å²) in [7, 11) is 1.63. The van der Waals surface area contributed by atoms with Crippen LogP contribution in [-0.4, -0.2) is 24.4 Å². The normalized spacial score (nSPS) is 22.8. The first-order valence-corrected chi connectivity index (χ1v) is 7.17. The number of carbonyl (C=O) groups is 1. The summed E-state index contributed by atoms with van der Waals surface area (Å²) in [4.78, 5) is 12.0. The van der Waals surface area contributed by atoms with E-state index in [1.807, 2.05) is 24.3 Å². The maximum Gasteiger partial charge on any atom is 0.224 e. The molecule has 0 saturated heterocycles. The molecule has 0 spiro atoms. The SMILES string of the molecule is COc1cccc(CC(=O)NC2CCC(Cl)CC2)c1. The molecule has 1 aromatic rings. The second-order valence-corrected chi connectivity index (χ2v) is 5.66. The van der Waals surface area contributed by atoms with Crippen molar-refractivity contribution < 1.29 is 9.53 Å². The van der Waals surface area contributed by atoms with E-state index in [0.717, 1.165) is 37.0 Å². The molecule has 0 heterocycles. The van der Waals surface area contributed by atoms with Crippen LogP contribution in [0.3, 0.4) is 0 Å². The van der Waals surface area contributed by atoms with Gasteiger partial charge in [0.1, 0.15) is 5.75 Å². The molecule has 0 unspecified atom stereocenters. The Morgan fingerprint density at radius 3 is 2.79 bits per heavy atom. The quantitative estimate of drug-likeness (QED) is 0.862. The zero-order valence-corrected chi connectivity index (χ0v) is 12.0. The number of amides is 1. The van der Waals surface area contributed by atoms with Gasteiger partial charge in [-0.3, -0.25) is 4.79 Å². The van der Waals surface area contributed by atoms with Crippen molar-refractivity contribution in [3.63, 3.8) is 0 Å². The Bertz CT molecular complexity index is 428. The lowest BCUT2D eigenvalue weighted by Gasteiger charge is -2.25. The number of benzene rings is 1. The minimum Gasteiger partial charge on any atom is -0.497 e. The van der Waals surface area contributed by atoms with Crippen LogP contribution in [0.5, 0.6) is 5.75 Å². The molecule has 1 aliphatic carbocycles. The first kappa shape index (κ1) is 14.2. The molecule has 19 heavy (non-hydrogen) atoms. The zero-order valence-electron chi connectivity index (χ0n) is 11.2. The monoisotopic (exact) mass is 281 g/mol. The van der Waals surface area contributed by atoms with E-state index in [2.05, 4.69) is 5.32 Å². The van der Waals surface area contributed by atoms with Gasteiger partial charge in [0.2, 0.25) is 5.91 Å². The van der Waals surface area contributed by atoms with Crippen molar-refractivity contribution in [1.29, 1.82) is 0 Å². The first-order chi connectivity index (χ1) is 9.17. The van der Waals surface area contributed by atoms with Crippen molar-refractivity contribution in [2.45, 2.75) is 43.5 Å². The second-order valence-electron chi connectivity index (χ2n) is 5.04. The van der Waals surface area contributed by atoms with Crippen LogP contribution in [0.4, 0.5) is 0 Å². The average molecular weight is 282 g/mol. The summed E-state index contributed by atoms with van der Waals surface area (Å²) in [6.45, 7) is 0. The minimum absolute atomic E-state index is 0.0753. The number of halogens is 1. The van der Waals surface area contributed by atoms with Gasteiger partial charge in [0, 0.05) is 11.4 Å². The highest BCUT2D eigenvalue weighted by Gasteiger charge is 2.20. The fourth-order valence-corrected chi connectivity index (χ4v) is 2.70. The lowest BCUT2D eigenvalue weighted by molar-refractivity contribution is -0.121. The summed E-state index contributed by atoms with van der Waals surface area (Å²) in [5.74, 6) is 0.860. The topological polar surface area (TPSA) is 38.3 Å². The standard InChI is InChI=1S/C15H20ClNO2/c1-19-14-4-2-3-11(9-14)10-15(18)17-13-7-5-12(16)6-8-13/h2-4,9,12-13H,5-8,10H2,1H3,(H,17,18). The van der Waals surface area contributed by atoms with Crippen molar-refractivity contribution >= 4 is 17.5 Å². The maximum atomic E-state index is 12.0. The third-order valence-corrected chi connectivity index (χ3v) is 3.96. The molecule has 0 aromatic heterocycles. The molecule has 0 aliphatic heterocycles. The number of hydrogen-bond donors (Lipinski definition) is 1. The van der Waals surface area contributed by atoms with Gasteiger partial charge < -0.3 is 10.1 Å². The predicted molar refractivity (Wildman–Crippen MR) is 76.7 cm³/mol. The van der Waals surface area contributed by atoms with Crippen molar-refractivity contribution in [3.8, 4) is 5.75 Å². The molecule has 3 nitrogen and oxygen atoms in total. The van der Waals surface area contributed by atoms with Crippen LogP contribution in [0.1, 0.15) is 31.2 Å². The van der Waals surface area contributed by atoms with Gasteiger partial charge in [-0.1, -0.05) is 12.1 Å². The number of rotatable bonds is 4. The van der Waals surface area contributed by atoms with Crippen molar-refractivity contribution in [3.05, 3.63) is 29.8 Å². The summed E-state index contributed by atoms with van der Waals surface area (Å²) < 4.78 is 5.15. The van der Waals surface area contributed by atoms with E-state index in [0.29, 0.717) is 6.42 Å². The minimum atomic E-state index is 0.0753. The number of alkyl halides is 1. The second kappa shape index (κ2) is 6.80. The fraction of sp³-hybridized carbons (Fsp3) is 0.533. The van der Waals surface area contributed by atoms with E-state index in [4.69, 9.17) is 16.3 Å². The number of carbonyl (C=O) groups excluding carboxylic acids is 1.